The summed E-state index contributed by atoms with van der Waals surface area (Å²) in [5, 5.41) is 3.32. The largest absolute Gasteiger partial charge is 0.354 e. The molecule has 0 aromatic heterocycles. The highest BCUT2D eigenvalue weighted by molar-refractivity contribution is 6.31. The number of benzene rings is 1. The van der Waals surface area contributed by atoms with Crippen molar-refractivity contribution in [2.45, 2.75) is 44.1 Å². The number of nitrogens with two attached hydrogens (primary N) is 1. The minimum absolute atomic E-state index is 0.128. The lowest BCUT2D eigenvalue weighted by molar-refractivity contribution is -0.122. The van der Waals surface area contributed by atoms with Gasteiger partial charge in [-0.15, -0.1) is 0 Å². The van der Waals surface area contributed by atoms with Gasteiger partial charge in [0, 0.05) is 17.0 Å². The van der Waals surface area contributed by atoms with Crippen molar-refractivity contribution in [2.75, 3.05) is 6.54 Å². The number of nitrogens with one attached hydrogen (secondary N) is 1. The Morgan fingerprint density at radius 3 is 2.80 bits per heavy atom. The summed E-state index contributed by atoms with van der Waals surface area (Å²) in [4.78, 5) is 11.8. The van der Waals surface area contributed by atoms with Crippen LogP contribution in [0.2, 0.25) is 5.02 Å². The summed E-state index contributed by atoms with van der Waals surface area (Å²) in [6.45, 7) is 2.50. The first kappa shape index (κ1) is 15.3. The molecular formula is C15H20ClFN2O. The van der Waals surface area contributed by atoms with Gasteiger partial charge in [-0.25, -0.2) is 4.39 Å². The first-order chi connectivity index (χ1) is 9.48. The van der Waals surface area contributed by atoms with Crippen LogP contribution in [0.5, 0.6) is 0 Å². The van der Waals surface area contributed by atoms with Gasteiger partial charge in [0.15, 0.2) is 0 Å². The quantitative estimate of drug-likeness (QED) is 0.848. The van der Waals surface area contributed by atoms with E-state index < -0.39 is 6.04 Å². The van der Waals surface area contributed by atoms with Gasteiger partial charge < -0.3 is 11.1 Å². The third-order valence-corrected chi connectivity index (χ3v) is 4.21. The van der Waals surface area contributed by atoms with E-state index in [0.29, 0.717) is 18.0 Å². The van der Waals surface area contributed by atoms with E-state index in [1.165, 1.54) is 12.1 Å². The Hall–Kier alpha value is -1.13. The fourth-order valence-electron chi connectivity index (χ4n) is 2.44. The van der Waals surface area contributed by atoms with Crippen LogP contribution in [0.4, 0.5) is 4.39 Å². The van der Waals surface area contributed by atoms with Crippen LogP contribution in [0.3, 0.4) is 0 Å². The smallest absolute Gasteiger partial charge is 0.236 e. The third-order valence-electron chi connectivity index (χ3n) is 3.89. The maximum atomic E-state index is 13.1. The highest BCUT2D eigenvalue weighted by Crippen LogP contribution is 2.50. The number of amides is 1. The lowest BCUT2D eigenvalue weighted by Gasteiger charge is -2.19. The van der Waals surface area contributed by atoms with Gasteiger partial charge in [0.25, 0.3) is 0 Å². The first-order valence-electron chi connectivity index (χ1n) is 6.97. The molecule has 110 valence electrons. The molecule has 1 aromatic carbocycles. The maximum absolute atomic E-state index is 13.1. The average molecular weight is 299 g/mol. The molecule has 0 spiro atoms. The lowest BCUT2D eigenvalue weighted by Crippen LogP contribution is -2.43. The van der Waals surface area contributed by atoms with Crippen LogP contribution in [-0.2, 0) is 10.2 Å². The molecule has 1 aromatic rings. The molecule has 0 aliphatic heterocycles. The monoisotopic (exact) mass is 298 g/mol. The molecule has 1 unspecified atom stereocenters. The van der Waals surface area contributed by atoms with Gasteiger partial charge >= 0.3 is 0 Å². The van der Waals surface area contributed by atoms with Crippen molar-refractivity contribution >= 4 is 17.5 Å². The van der Waals surface area contributed by atoms with E-state index in [0.717, 1.165) is 24.8 Å². The van der Waals surface area contributed by atoms with Gasteiger partial charge in [-0.1, -0.05) is 31.0 Å². The van der Waals surface area contributed by atoms with Crippen LogP contribution < -0.4 is 11.1 Å². The molecule has 0 saturated heterocycles. The molecule has 0 bridgehead atoms. The Kier molecular flexibility index (Phi) is 4.66. The number of hydrogen-bond donors (Lipinski definition) is 2. The molecule has 0 radical (unpaired) electrons. The fraction of sp³-hybridized carbons (Fsp3) is 0.533. The van der Waals surface area contributed by atoms with Crippen molar-refractivity contribution < 1.29 is 9.18 Å². The fourth-order valence-corrected chi connectivity index (χ4v) is 2.81. The van der Waals surface area contributed by atoms with Gasteiger partial charge in [-0.2, -0.15) is 0 Å². The number of hydrogen-bond acceptors (Lipinski definition) is 2. The van der Waals surface area contributed by atoms with E-state index >= 15 is 0 Å². The second-order valence-electron chi connectivity index (χ2n) is 5.52. The van der Waals surface area contributed by atoms with Crippen molar-refractivity contribution in [3.8, 4) is 0 Å². The minimum Gasteiger partial charge on any atom is -0.354 e. The van der Waals surface area contributed by atoms with Crippen molar-refractivity contribution in [1.82, 2.24) is 5.32 Å². The molecular weight excluding hydrogens is 279 g/mol. The second-order valence-corrected chi connectivity index (χ2v) is 5.92. The number of rotatable bonds is 6. The van der Waals surface area contributed by atoms with E-state index in [2.05, 4.69) is 5.32 Å². The number of halogens is 2. The zero-order chi connectivity index (χ0) is 14.8. The highest BCUT2D eigenvalue weighted by Gasteiger charge is 2.45. The normalized spacial score (nSPS) is 17.6. The molecule has 1 atom stereocenters. The summed E-state index contributed by atoms with van der Waals surface area (Å²) in [6, 6.07) is 3.98. The van der Waals surface area contributed by atoms with E-state index in [4.69, 9.17) is 17.3 Å². The molecule has 0 heterocycles. The van der Waals surface area contributed by atoms with Crippen LogP contribution in [0.1, 0.15) is 38.2 Å². The molecule has 1 amide bonds. The first-order valence-corrected chi connectivity index (χ1v) is 7.35. The maximum Gasteiger partial charge on any atom is 0.236 e. The minimum atomic E-state index is -0.459. The molecule has 1 aliphatic rings. The molecule has 20 heavy (non-hydrogen) atoms. The van der Waals surface area contributed by atoms with E-state index in [-0.39, 0.29) is 17.1 Å². The van der Waals surface area contributed by atoms with Gasteiger partial charge in [0.2, 0.25) is 5.91 Å². The molecule has 3 nitrogen and oxygen atoms in total. The van der Waals surface area contributed by atoms with Gasteiger partial charge in [0.1, 0.15) is 5.82 Å². The summed E-state index contributed by atoms with van der Waals surface area (Å²) < 4.78 is 13.1. The Morgan fingerprint density at radius 1 is 1.55 bits per heavy atom. The van der Waals surface area contributed by atoms with Crippen LogP contribution in [0.25, 0.3) is 0 Å². The summed E-state index contributed by atoms with van der Waals surface area (Å²) in [5.41, 5.74) is 6.54. The molecule has 1 saturated carbocycles. The lowest BCUT2D eigenvalue weighted by atomic mass is 9.95. The van der Waals surface area contributed by atoms with E-state index in [9.17, 15) is 9.18 Å². The second kappa shape index (κ2) is 6.10. The van der Waals surface area contributed by atoms with Gasteiger partial charge in [-0.05, 0) is 37.0 Å². The van der Waals surface area contributed by atoms with Crippen molar-refractivity contribution in [1.29, 1.82) is 0 Å². The van der Waals surface area contributed by atoms with Crippen molar-refractivity contribution in [3.63, 3.8) is 0 Å². The summed E-state index contributed by atoms with van der Waals surface area (Å²) >= 11 is 6.10. The zero-order valence-corrected chi connectivity index (χ0v) is 12.3. The third kappa shape index (κ3) is 3.30. The Morgan fingerprint density at radius 2 is 2.25 bits per heavy atom. The summed E-state index contributed by atoms with van der Waals surface area (Å²) in [6.07, 6.45) is 3.45. The Balaban J connectivity index is 2.00. The summed E-state index contributed by atoms with van der Waals surface area (Å²) in [7, 11) is 0. The molecule has 3 N–H and O–H groups in total. The van der Waals surface area contributed by atoms with Gasteiger partial charge in [-0.3, -0.25) is 4.79 Å². The Bertz CT molecular complexity index is 503. The predicted octanol–water partition coefficient (Wildman–Crippen LogP) is 2.75. The average Bonchev–Trinajstić information content (AvgIpc) is 3.17. The van der Waals surface area contributed by atoms with Crippen LogP contribution >= 0.6 is 11.6 Å². The Labute approximate surface area is 123 Å². The molecule has 5 heteroatoms. The molecule has 2 rings (SSSR count). The van der Waals surface area contributed by atoms with E-state index in [1.54, 1.807) is 6.07 Å². The number of carbonyl (C=O) groups is 1. The highest BCUT2D eigenvalue weighted by atomic mass is 35.5. The van der Waals surface area contributed by atoms with Gasteiger partial charge in [0.05, 0.1) is 6.04 Å². The molecule has 1 fully saturated rings. The standard InChI is InChI=1S/C15H20ClFN2O/c1-2-3-13(18)14(20)19-9-15(6-7-15)11-5-4-10(17)8-12(11)16/h4-5,8,13H,2-3,6-7,9,18H2,1H3,(H,19,20). The van der Waals surface area contributed by atoms with Crippen LogP contribution in [0.15, 0.2) is 18.2 Å². The van der Waals surface area contributed by atoms with Crippen LogP contribution in [-0.4, -0.2) is 18.5 Å². The SMILES string of the molecule is CCCC(N)C(=O)NCC1(c2ccc(F)cc2Cl)CC1. The van der Waals surface area contributed by atoms with Crippen LogP contribution in [0, 0.1) is 5.82 Å². The van der Waals surface area contributed by atoms with E-state index in [1.807, 2.05) is 6.92 Å². The topological polar surface area (TPSA) is 55.1 Å². The predicted molar refractivity (Wildman–Crippen MR) is 78.2 cm³/mol. The molecule has 1 aliphatic carbocycles. The summed E-state index contributed by atoms with van der Waals surface area (Å²) in [5.74, 6) is -0.472. The number of carbonyl (C=O) groups excluding carboxylic acids is 1. The zero-order valence-electron chi connectivity index (χ0n) is 11.6. The van der Waals surface area contributed by atoms with Crippen molar-refractivity contribution in [2.24, 2.45) is 5.73 Å². The van der Waals surface area contributed by atoms with Crippen molar-refractivity contribution in [3.05, 3.63) is 34.6 Å².